The highest BCUT2D eigenvalue weighted by molar-refractivity contribution is 6.31. The Kier molecular flexibility index (Phi) is 1.69. The third-order valence-corrected chi connectivity index (χ3v) is 2.61. The van der Waals surface area contributed by atoms with E-state index in [1.807, 2.05) is 12.1 Å². The van der Waals surface area contributed by atoms with Crippen molar-refractivity contribution in [1.29, 1.82) is 0 Å². The van der Waals surface area contributed by atoms with E-state index >= 15 is 0 Å². The summed E-state index contributed by atoms with van der Waals surface area (Å²) in [7, 11) is 5.86. The first-order valence-corrected chi connectivity index (χ1v) is 4.19. The Balaban J connectivity index is 2.57. The van der Waals surface area contributed by atoms with Gasteiger partial charge in [-0.2, -0.15) is 0 Å². The summed E-state index contributed by atoms with van der Waals surface area (Å²) in [6.45, 7) is 0. The highest BCUT2D eigenvalue weighted by atomic mass is 35.5. The van der Waals surface area contributed by atoms with Gasteiger partial charge < -0.3 is 0 Å². The molecule has 0 saturated heterocycles. The van der Waals surface area contributed by atoms with Gasteiger partial charge in [0, 0.05) is 5.02 Å². The highest BCUT2D eigenvalue weighted by Gasteiger charge is 2.19. The average molecular weight is 162 g/mol. The topological polar surface area (TPSA) is 0 Å². The second-order valence-electron chi connectivity index (χ2n) is 2.95. The van der Waals surface area contributed by atoms with Gasteiger partial charge in [0.2, 0.25) is 0 Å². The molecule has 1 atom stereocenters. The minimum absolute atomic E-state index is 0.212. The molecule has 1 aliphatic rings. The van der Waals surface area contributed by atoms with E-state index in [9.17, 15) is 0 Å². The number of hydrogen-bond donors (Lipinski definition) is 0. The maximum atomic E-state index is 5.98. The zero-order valence-corrected chi connectivity index (χ0v) is 6.93. The average Bonchev–Trinajstić information content (AvgIpc) is 2.35. The molecular formula is C9H8BCl. The zero-order chi connectivity index (χ0) is 7.84. The van der Waals surface area contributed by atoms with Crippen LogP contribution in [0.5, 0.6) is 0 Å². The molecule has 2 rings (SSSR count). The van der Waals surface area contributed by atoms with Gasteiger partial charge in [0.05, 0.1) is 7.85 Å². The van der Waals surface area contributed by atoms with E-state index in [-0.39, 0.29) is 5.82 Å². The normalized spacial score (nSPS) is 21.7. The summed E-state index contributed by atoms with van der Waals surface area (Å²) >= 11 is 5.98. The molecule has 2 radical (unpaired) electrons. The summed E-state index contributed by atoms with van der Waals surface area (Å²) in [5.74, 6) is 0.212. The fraction of sp³-hybridized carbons (Fsp3) is 0.333. The fourth-order valence-electron chi connectivity index (χ4n) is 1.64. The lowest BCUT2D eigenvalue weighted by Crippen LogP contribution is -1.90. The third-order valence-electron chi connectivity index (χ3n) is 2.26. The van der Waals surface area contributed by atoms with E-state index in [2.05, 4.69) is 6.07 Å². The Morgan fingerprint density at radius 2 is 2.27 bits per heavy atom. The van der Waals surface area contributed by atoms with Crippen molar-refractivity contribution in [3.63, 3.8) is 0 Å². The molecule has 0 nitrogen and oxygen atoms in total. The zero-order valence-electron chi connectivity index (χ0n) is 6.18. The van der Waals surface area contributed by atoms with Gasteiger partial charge in [-0.1, -0.05) is 36.0 Å². The second kappa shape index (κ2) is 2.56. The van der Waals surface area contributed by atoms with Gasteiger partial charge >= 0.3 is 0 Å². The lowest BCUT2D eigenvalue weighted by Gasteiger charge is -2.03. The molecule has 11 heavy (non-hydrogen) atoms. The summed E-state index contributed by atoms with van der Waals surface area (Å²) in [4.78, 5) is 0. The number of rotatable bonds is 0. The van der Waals surface area contributed by atoms with Crippen LogP contribution in [0.3, 0.4) is 0 Å². The molecule has 2 heteroatoms. The van der Waals surface area contributed by atoms with Gasteiger partial charge in [0.1, 0.15) is 0 Å². The predicted octanol–water partition coefficient (Wildman–Crippen LogP) is 2.50. The first-order valence-electron chi connectivity index (χ1n) is 3.82. The Bertz CT molecular complexity index is 283. The molecule has 0 aromatic heterocycles. The van der Waals surface area contributed by atoms with Crippen LogP contribution in [0.2, 0.25) is 5.02 Å². The van der Waals surface area contributed by atoms with E-state index in [0.29, 0.717) is 0 Å². The largest absolute Gasteiger partial charge is 0.0840 e. The molecule has 54 valence electrons. The molecule has 0 bridgehead atoms. The van der Waals surface area contributed by atoms with Crippen LogP contribution in [0.1, 0.15) is 23.4 Å². The quantitative estimate of drug-likeness (QED) is 0.514. The molecular weight excluding hydrogens is 154 g/mol. The lowest BCUT2D eigenvalue weighted by molar-refractivity contribution is 0.880. The van der Waals surface area contributed by atoms with Gasteiger partial charge in [0.15, 0.2) is 0 Å². The van der Waals surface area contributed by atoms with Crippen molar-refractivity contribution in [3.05, 3.63) is 34.3 Å². The molecule has 0 N–H and O–H groups in total. The number of benzene rings is 1. The third kappa shape index (κ3) is 1.08. The Morgan fingerprint density at radius 1 is 1.45 bits per heavy atom. The maximum absolute atomic E-state index is 5.98. The van der Waals surface area contributed by atoms with Crippen molar-refractivity contribution in [2.45, 2.75) is 18.7 Å². The second-order valence-corrected chi connectivity index (χ2v) is 3.36. The monoisotopic (exact) mass is 162 g/mol. The molecule has 1 aliphatic carbocycles. The molecule has 0 amide bonds. The van der Waals surface area contributed by atoms with Crippen molar-refractivity contribution < 1.29 is 0 Å². The van der Waals surface area contributed by atoms with Crippen molar-refractivity contribution in [2.24, 2.45) is 0 Å². The fourth-order valence-corrected chi connectivity index (χ4v) is 1.92. The van der Waals surface area contributed by atoms with Gasteiger partial charge in [-0.3, -0.25) is 0 Å². The predicted molar refractivity (Wildman–Crippen MR) is 48.3 cm³/mol. The Hall–Kier alpha value is -0.425. The van der Waals surface area contributed by atoms with Crippen molar-refractivity contribution in [2.75, 3.05) is 0 Å². The SMILES string of the molecule is [B]C1CCc2c(Cl)cccc21. The first kappa shape index (κ1) is 7.24. The van der Waals surface area contributed by atoms with Crippen LogP contribution in [0.4, 0.5) is 0 Å². The summed E-state index contributed by atoms with van der Waals surface area (Å²) in [6.07, 6.45) is 2.08. The minimum atomic E-state index is 0.212. The van der Waals surface area contributed by atoms with Crippen LogP contribution in [0.25, 0.3) is 0 Å². The Labute approximate surface area is 73.0 Å². The van der Waals surface area contributed by atoms with Crippen LogP contribution in [-0.2, 0) is 6.42 Å². The summed E-state index contributed by atoms with van der Waals surface area (Å²) in [6, 6.07) is 5.96. The van der Waals surface area contributed by atoms with E-state index in [1.54, 1.807) is 0 Å². The van der Waals surface area contributed by atoms with Crippen molar-refractivity contribution >= 4 is 19.4 Å². The number of hydrogen-bond acceptors (Lipinski definition) is 0. The molecule has 1 aromatic carbocycles. The van der Waals surface area contributed by atoms with Crippen LogP contribution in [0, 0.1) is 0 Å². The highest BCUT2D eigenvalue weighted by Crippen LogP contribution is 2.34. The molecule has 0 aliphatic heterocycles. The molecule has 1 unspecified atom stereocenters. The maximum Gasteiger partial charge on any atom is 0.0763 e. The number of halogens is 1. The number of fused-ring (bicyclic) bond motifs is 1. The van der Waals surface area contributed by atoms with E-state index in [1.165, 1.54) is 11.1 Å². The van der Waals surface area contributed by atoms with Crippen molar-refractivity contribution in [1.82, 2.24) is 0 Å². The minimum Gasteiger partial charge on any atom is -0.0840 e. The molecule has 0 fully saturated rings. The molecule has 0 heterocycles. The van der Waals surface area contributed by atoms with Crippen LogP contribution in [0.15, 0.2) is 18.2 Å². The van der Waals surface area contributed by atoms with Gasteiger partial charge in [-0.05, 0) is 23.6 Å². The van der Waals surface area contributed by atoms with E-state index in [0.717, 1.165) is 17.9 Å². The summed E-state index contributed by atoms with van der Waals surface area (Å²) < 4.78 is 0. The standard InChI is InChI=1S/C9H8BCl/c10-8-5-4-7-6(8)2-1-3-9(7)11/h1-3,8H,4-5H2. The van der Waals surface area contributed by atoms with E-state index < -0.39 is 0 Å². The molecule has 1 aromatic rings. The smallest absolute Gasteiger partial charge is 0.0763 e. The van der Waals surface area contributed by atoms with Crippen molar-refractivity contribution in [3.8, 4) is 0 Å². The van der Waals surface area contributed by atoms with Gasteiger partial charge in [-0.15, -0.1) is 0 Å². The lowest BCUT2D eigenvalue weighted by atomic mass is 9.83. The van der Waals surface area contributed by atoms with E-state index in [4.69, 9.17) is 19.4 Å². The summed E-state index contributed by atoms with van der Waals surface area (Å²) in [5, 5.41) is 0.871. The van der Waals surface area contributed by atoms with Crippen LogP contribution < -0.4 is 0 Å². The van der Waals surface area contributed by atoms with Crippen LogP contribution in [-0.4, -0.2) is 7.85 Å². The van der Waals surface area contributed by atoms with Gasteiger partial charge in [0.25, 0.3) is 0 Å². The summed E-state index contributed by atoms with van der Waals surface area (Å²) in [5.41, 5.74) is 2.49. The van der Waals surface area contributed by atoms with Crippen LogP contribution >= 0.6 is 11.6 Å². The van der Waals surface area contributed by atoms with Gasteiger partial charge in [-0.25, -0.2) is 0 Å². The Morgan fingerprint density at radius 3 is 3.00 bits per heavy atom. The molecule has 0 saturated carbocycles. The first-order chi connectivity index (χ1) is 5.29. The molecule has 0 spiro atoms.